The number of imidazole rings is 1. The van der Waals surface area contributed by atoms with Crippen LogP contribution in [0.2, 0.25) is 0 Å². The number of carbonyl (C=O) groups is 1. The Morgan fingerprint density at radius 1 is 1.24 bits per heavy atom. The van der Waals surface area contributed by atoms with Crippen LogP contribution in [0.3, 0.4) is 0 Å². The SMILES string of the molecule is COc1cccc(OCCNC(=O)c2ccc(-n3ccnc3)nc2)c1. The zero-order valence-corrected chi connectivity index (χ0v) is 13.8. The van der Waals surface area contributed by atoms with Crippen molar-refractivity contribution < 1.29 is 14.3 Å². The van der Waals surface area contributed by atoms with Gasteiger partial charge in [-0.1, -0.05) is 6.07 Å². The van der Waals surface area contributed by atoms with Gasteiger partial charge in [0.15, 0.2) is 0 Å². The topological polar surface area (TPSA) is 78.3 Å². The summed E-state index contributed by atoms with van der Waals surface area (Å²) in [6.07, 6.45) is 6.65. The molecule has 0 unspecified atom stereocenters. The third kappa shape index (κ3) is 4.35. The Morgan fingerprint density at radius 3 is 2.84 bits per heavy atom. The largest absolute Gasteiger partial charge is 0.497 e. The summed E-state index contributed by atoms with van der Waals surface area (Å²) < 4.78 is 12.5. The van der Waals surface area contributed by atoms with Crippen LogP contribution in [0.15, 0.2) is 61.3 Å². The van der Waals surface area contributed by atoms with Crippen molar-refractivity contribution >= 4 is 5.91 Å². The molecule has 1 aromatic carbocycles. The number of hydrogen-bond acceptors (Lipinski definition) is 5. The molecule has 0 fully saturated rings. The highest BCUT2D eigenvalue weighted by Crippen LogP contribution is 2.18. The molecule has 0 radical (unpaired) electrons. The molecule has 3 rings (SSSR count). The van der Waals surface area contributed by atoms with Crippen molar-refractivity contribution in [2.45, 2.75) is 0 Å². The van der Waals surface area contributed by atoms with E-state index in [0.717, 1.165) is 5.75 Å². The predicted molar refractivity (Wildman–Crippen MR) is 92.2 cm³/mol. The Hall–Kier alpha value is -3.35. The van der Waals surface area contributed by atoms with Gasteiger partial charge in [0.25, 0.3) is 5.91 Å². The highest BCUT2D eigenvalue weighted by Gasteiger charge is 2.06. The summed E-state index contributed by atoms with van der Waals surface area (Å²) in [7, 11) is 1.60. The first-order valence-corrected chi connectivity index (χ1v) is 7.76. The van der Waals surface area contributed by atoms with Gasteiger partial charge in [-0.05, 0) is 24.3 Å². The number of rotatable bonds is 7. The van der Waals surface area contributed by atoms with Crippen molar-refractivity contribution in [2.24, 2.45) is 0 Å². The number of methoxy groups -OCH3 is 1. The average Bonchev–Trinajstić information content (AvgIpc) is 3.20. The molecule has 0 aliphatic carbocycles. The highest BCUT2D eigenvalue weighted by molar-refractivity contribution is 5.93. The van der Waals surface area contributed by atoms with Crippen molar-refractivity contribution in [1.82, 2.24) is 19.9 Å². The molecule has 1 amide bonds. The van der Waals surface area contributed by atoms with E-state index in [4.69, 9.17) is 9.47 Å². The standard InChI is InChI=1S/C18H18N4O3/c1-24-15-3-2-4-16(11-15)25-10-8-20-18(23)14-5-6-17(21-12-14)22-9-7-19-13-22/h2-7,9,11-13H,8,10H2,1H3,(H,20,23). The van der Waals surface area contributed by atoms with E-state index in [9.17, 15) is 4.79 Å². The van der Waals surface area contributed by atoms with Crippen molar-refractivity contribution in [3.63, 3.8) is 0 Å². The van der Waals surface area contributed by atoms with Crippen molar-refractivity contribution in [2.75, 3.05) is 20.3 Å². The summed E-state index contributed by atoms with van der Waals surface area (Å²) >= 11 is 0. The fourth-order valence-corrected chi connectivity index (χ4v) is 2.19. The second kappa shape index (κ2) is 7.96. The molecule has 1 N–H and O–H groups in total. The average molecular weight is 338 g/mol. The van der Waals surface area contributed by atoms with Gasteiger partial charge in [-0.25, -0.2) is 9.97 Å². The fourth-order valence-electron chi connectivity index (χ4n) is 2.19. The number of pyridine rings is 1. The Balaban J connectivity index is 1.47. The van der Waals surface area contributed by atoms with Crippen LogP contribution in [0, 0.1) is 0 Å². The second-order valence-electron chi connectivity index (χ2n) is 5.16. The number of benzene rings is 1. The van der Waals surface area contributed by atoms with Crippen LogP contribution >= 0.6 is 0 Å². The molecule has 0 saturated heterocycles. The minimum atomic E-state index is -0.195. The van der Waals surface area contributed by atoms with E-state index in [0.29, 0.717) is 30.3 Å². The van der Waals surface area contributed by atoms with E-state index in [2.05, 4.69) is 15.3 Å². The Kier molecular flexibility index (Phi) is 5.26. The van der Waals surface area contributed by atoms with Crippen LogP contribution in [0.4, 0.5) is 0 Å². The van der Waals surface area contributed by atoms with Gasteiger partial charge in [-0.15, -0.1) is 0 Å². The van der Waals surface area contributed by atoms with Crippen molar-refractivity contribution in [3.8, 4) is 17.3 Å². The first kappa shape index (κ1) is 16.5. The van der Waals surface area contributed by atoms with E-state index < -0.39 is 0 Å². The zero-order valence-electron chi connectivity index (χ0n) is 13.8. The molecule has 0 atom stereocenters. The monoisotopic (exact) mass is 338 g/mol. The number of amides is 1. The molecule has 7 nitrogen and oxygen atoms in total. The number of nitrogens with zero attached hydrogens (tertiary/aromatic N) is 3. The highest BCUT2D eigenvalue weighted by atomic mass is 16.5. The van der Waals surface area contributed by atoms with E-state index in [1.807, 2.05) is 18.2 Å². The summed E-state index contributed by atoms with van der Waals surface area (Å²) in [5.74, 6) is 1.93. The lowest BCUT2D eigenvalue weighted by Crippen LogP contribution is -2.28. The van der Waals surface area contributed by atoms with Crippen LogP contribution in [-0.2, 0) is 0 Å². The number of ether oxygens (including phenoxy) is 2. The Morgan fingerprint density at radius 2 is 2.12 bits per heavy atom. The van der Waals surface area contributed by atoms with E-state index in [1.165, 1.54) is 6.20 Å². The van der Waals surface area contributed by atoms with Gasteiger partial charge in [-0.2, -0.15) is 0 Å². The van der Waals surface area contributed by atoms with Crippen LogP contribution in [-0.4, -0.2) is 40.7 Å². The van der Waals surface area contributed by atoms with Gasteiger partial charge in [-0.3, -0.25) is 9.36 Å². The lowest BCUT2D eigenvalue weighted by atomic mass is 10.2. The molecule has 0 saturated carbocycles. The van der Waals surface area contributed by atoms with Crippen molar-refractivity contribution in [1.29, 1.82) is 0 Å². The normalized spacial score (nSPS) is 10.3. The van der Waals surface area contributed by atoms with Crippen LogP contribution in [0.5, 0.6) is 11.5 Å². The molecular formula is C18H18N4O3. The maximum absolute atomic E-state index is 12.1. The fraction of sp³-hybridized carbons (Fsp3) is 0.167. The molecule has 25 heavy (non-hydrogen) atoms. The second-order valence-corrected chi connectivity index (χ2v) is 5.16. The summed E-state index contributed by atoms with van der Waals surface area (Å²) in [5, 5.41) is 2.80. The van der Waals surface area contributed by atoms with Crippen molar-refractivity contribution in [3.05, 3.63) is 66.9 Å². The minimum Gasteiger partial charge on any atom is -0.497 e. The van der Waals surface area contributed by atoms with Gasteiger partial charge in [0.1, 0.15) is 30.3 Å². The third-order valence-corrected chi connectivity index (χ3v) is 3.48. The van der Waals surface area contributed by atoms with Gasteiger partial charge in [0.05, 0.1) is 19.2 Å². The van der Waals surface area contributed by atoms with E-state index >= 15 is 0 Å². The molecule has 0 bridgehead atoms. The number of carbonyl (C=O) groups excluding carboxylic acids is 1. The molecule has 0 aliphatic rings. The quantitative estimate of drug-likeness (QED) is 0.667. The minimum absolute atomic E-state index is 0.195. The van der Waals surface area contributed by atoms with Crippen LogP contribution < -0.4 is 14.8 Å². The maximum Gasteiger partial charge on any atom is 0.252 e. The molecule has 7 heteroatoms. The number of hydrogen-bond donors (Lipinski definition) is 1. The van der Waals surface area contributed by atoms with E-state index in [1.54, 1.807) is 48.6 Å². The molecule has 0 aliphatic heterocycles. The lowest BCUT2D eigenvalue weighted by molar-refractivity contribution is 0.0946. The maximum atomic E-state index is 12.1. The van der Waals surface area contributed by atoms with Gasteiger partial charge >= 0.3 is 0 Å². The van der Waals surface area contributed by atoms with Gasteiger partial charge < -0.3 is 14.8 Å². The first-order chi connectivity index (χ1) is 12.3. The Bertz CT molecular complexity index is 817. The molecule has 2 aromatic heterocycles. The van der Waals surface area contributed by atoms with E-state index in [-0.39, 0.29) is 5.91 Å². The number of aromatic nitrogens is 3. The smallest absolute Gasteiger partial charge is 0.252 e. The predicted octanol–water partition coefficient (Wildman–Crippen LogP) is 2.08. The Labute approximate surface area is 145 Å². The zero-order chi connectivity index (χ0) is 17.5. The summed E-state index contributed by atoms with van der Waals surface area (Å²) in [6.45, 7) is 0.749. The summed E-state index contributed by atoms with van der Waals surface area (Å²) in [4.78, 5) is 20.3. The van der Waals surface area contributed by atoms with Crippen LogP contribution in [0.25, 0.3) is 5.82 Å². The number of nitrogens with one attached hydrogen (secondary N) is 1. The summed E-state index contributed by atoms with van der Waals surface area (Å²) in [6, 6.07) is 10.8. The molecule has 2 heterocycles. The molecule has 128 valence electrons. The van der Waals surface area contributed by atoms with Gasteiger partial charge in [0, 0.05) is 24.7 Å². The lowest BCUT2D eigenvalue weighted by Gasteiger charge is -2.09. The molecule has 0 spiro atoms. The van der Waals surface area contributed by atoms with Gasteiger partial charge in [0.2, 0.25) is 0 Å². The van der Waals surface area contributed by atoms with Crippen LogP contribution in [0.1, 0.15) is 10.4 Å². The third-order valence-electron chi connectivity index (χ3n) is 3.48. The summed E-state index contributed by atoms with van der Waals surface area (Å²) in [5.41, 5.74) is 0.491. The molecular weight excluding hydrogens is 320 g/mol. The molecule has 3 aromatic rings. The first-order valence-electron chi connectivity index (χ1n) is 7.76.